The molecule has 0 fully saturated rings. The normalized spacial score (nSPS) is 10.7. The molecule has 0 saturated heterocycles. The Morgan fingerprint density at radius 2 is 1.95 bits per heavy atom. The fourth-order valence-corrected chi connectivity index (χ4v) is 2.63. The van der Waals surface area contributed by atoms with E-state index in [1.165, 1.54) is 12.1 Å². The summed E-state index contributed by atoms with van der Waals surface area (Å²) in [5.74, 6) is 0.997. The molecule has 0 aromatic heterocycles. The topological polar surface area (TPSA) is 21.3 Å². The molecule has 0 bridgehead atoms. The minimum absolute atomic E-state index is 0.272. The first-order chi connectivity index (χ1) is 10.1. The molecule has 0 amide bonds. The van der Waals surface area contributed by atoms with Gasteiger partial charge in [0.2, 0.25) is 0 Å². The molecule has 0 aliphatic rings. The molecule has 0 aliphatic heterocycles. The summed E-state index contributed by atoms with van der Waals surface area (Å²) >= 11 is 9.32. The third-order valence-corrected chi connectivity index (χ3v) is 3.73. The molecule has 5 heteroatoms. The van der Waals surface area contributed by atoms with Crippen molar-refractivity contribution < 1.29 is 9.13 Å². The van der Waals surface area contributed by atoms with Crippen molar-refractivity contribution in [1.29, 1.82) is 0 Å². The zero-order chi connectivity index (χ0) is 15.2. The summed E-state index contributed by atoms with van der Waals surface area (Å²) in [5, 5.41) is 3.87. The summed E-state index contributed by atoms with van der Waals surface area (Å²) in [6.07, 6.45) is 1.02. The van der Waals surface area contributed by atoms with Gasteiger partial charge in [-0.25, -0.2) is 4.39 Å². The van der Waals surface area contributed by atoms with Crippen LogP contribution in [0.15, 0.2) is 40.9 Å². The summed E-state index contributed by atoms with van der Waals surface area (Å²) < 4.78 is 20.0. The van der Waals surface area contributed by atoms with Crippen molar-refractivity contribution in [1.82, 2.24) is 5.32 Å². The highest BCUT2D eigenvalue weighted by Gasteiger charge is 2.09. The fraction of sp³-hybridized carbons (Fsp3) is 0.250. The van der Waals surface area contributed by atoms with Gasteiger partial charge in [0.1, 0.15) is 17.3 Å². The molecule has 21 heavy (non-hydrogen) atoms. The largest absolute Gasteiger partial charge is 0.456 e. The lowest BCUT2D eigenvalue weighted by atomic mass is 10.2. The van der Waals surface area contributed by atoms with Gasteiger partial charge in [0.05, 0.1) is 4.47 Å². The molecule has 0 saturated carbocycles. The molecular weight excluding hydrogens is 357 g/mol. The Morgan fingerprint density at radius 3 is 2.67 bits per heavy atom. The van der Waals surface area contributed by atoms with Gasteiger partial charge in [-0.05, 0) is 65.3 Å². The highest BCUT2D eigenvalue weighted by molar-refractivity contribution is 9.10. The second-order valence-electron chi connectivity index (χ2n) is 4.61. The third kappa shape index (κ3) is 4.70. The van der Waals surface area contributed by atoms with E-state index in [0.717, 1.165) is 23.0 Å². The summed E-state index contributed by atoms with van der Waals surface area (Å²) in [6, 6.07) is 9.80. The van der Waals surface area contributed by atoms with E-state index in [0.29, 0.717) is 23.1 Å². The molecule has 1 N–H and O–H groups in total. The van der Waals surface area contributed by atoms with Crippen LogP contribution in [0.25, 0.3) is 0 Å². The maximum atomic E-state index is 13.4. The minimum atomic E-state index is -0.272. The van der Waals surface area contributed by atoms with E-state index < -0.39 is 0 Å². The van der Waals surface area contributed by atoms with E-state index in [2.05, 4.69) is 28.2 Å². The van der Waals surface area contributed by atoms with E-state index in [9.17, 15) is 4.39 Å². The molecule has 0 spiro atoms. The lowest BCUT2D eigenvalue weighted by Crippen LogP contribution is -2.14. The smallest absolute Gasteiger partial charge is 0.141 e. The Hall–Kier alpha value is -1.10. The van der Waals surface area contributed by atoms with Gasteiger partial charge >= 0.3 is 0 Å². The van der Waals surface area contributed by atoms with Crippen molar-refractivity contribution >= 4 is 27.5 Å². The van der Waals surface area contributed by atoms with Gasteiger partial charge in [-0.3, -0.25) is 0 Å². The zero-order valence-electron chi connectivity index (χ0n) is 11.6. The van der Waals surface area contributed by atoms with Gasteiger partial charge in [0.15, 0.2) is 0 Å². The number of rotatable bonds is 6. The average Bonchev–Trinajstić information content (AvgIpc) is 2.44. The number of hydrogen-bond acceptors (Lipinski definition) is 2. The first-order valence-electron chi connectivity index (χ1n) is 6.72. The maximum Gasteiger partial charge on any atom is 0.141 e. The van der Waals surface area contributed by atoms with Crippen molar-refractivity contribution in [3.05, 3.63) is 57.3 Å². The number of halogens is 3. The van der Waals surface area contributed by atoms with Crippen LogP contribution < -0.4 is 10.1 Å². The van der Waals surface area contributed by atoms with Gasteiger partial charge in [-0.15, -0.1) is 0 Å². The van der Waals surface area contributed by atoms with Crippen LogP contribution in [0.5, 0.6) is 11.5 Å². The van der Waals surface area contributed by atoms with Crippen LogP contribution in [-0.4, -0.2) is 6.54 Å². The number of nitrogens with one attached hydrogen (secondary N) is 1. The Morgan fingerprint density at radius 1 is 1.19 bits per heavy atom. The summed E-state index contributed by atoms with van der Waals surface area (Å²) in [4.78, 5) is 0. The van der Waals surface area contributed by atoms with Crippen LogP contribution in [0.2, 0.25) is 5.02 Å². The minimum Gasteiger partial charge on any atom is -0.456 e. The second-order valence-corrected chi connectivity index (χ2v) is 5.90. The van der Waals surface area contributed by atoms with Crippen molar-refractivity contribution in [2.24, 2.45) is 0 Å². The number of benzene rings is 2. The molecule has 2 aromatic rings. The second kappa shape index (κ2) is 7.78. The highest BCUT2D eigenvalue weighted by Crippen LogP contribution is 2.33. The van der Waals surface area contributed by atoms with E-state index in [4.69, 9.17) is 16.3 Å². The van der Waals surface area contributed by atoms with Crippen LogP contribution in [0.4, 0.5) is 4.39 Å². The average molecular weight is 373 g/mol. The quantitative estimate of drug-likeness (QED) is 0.673. The molecule has 2 aromatic carbocycles. The molecule has 0 radical (unpaired) electrons. The predicted molar refractivity (Wildman–Crippen MR) is 87.6 cm³/mol. The molecule has 112 valence electrons. The van der Waals surface area contributed by atoms with Crippen LogP contribution in [-0.2, 0) is 6.54 Å². The Labute approximate surface area is 137 Å². The molecular formula is C16H16BrClFNO. The standard InChI is InChI=1S/C16H16BrClFNO/c1-2-7-20-10-11-8-13(19)4-6-15(11)21-16-5-3-12(18)9-14(16)17/h3-6,8-9,20H,2,7,10H2,1H3. The van der Waals surface area contributed by atoms with Gasteiger partial charge in [-0.1, -0.05) is 18.5 Å². The molecule has 2 nitrogen and oxygen atoms in total. The van der Waals surface area contributed by atoms with E-state index in [1.54, 1.807) is 24.3 Å². The Kier molecular flexibility index (Phi) is 6.03. The first-order valence-corrected chi connectivity index (χ1v) is 7.89. The third-order valence-electron chi connectivity index (χ3n) is 2.88. The number of ether oxygens (including phenoxy) is 1. The van der Waals surface area contributed by atoms with E-state index in [-0.39, 0.29) is 5.82 Å². The van der Waals surface area contributed by atoms with Crippen LogP contribution in [0.3, 0.4) is 0 Å². The summed E-state index contributed by atoms with van der Waals surface area (Å²) in [5.41, 5.74) is 0.783. The summed E-state index contributed by atoms with van der Waals surface area (Å²) in [6.45, 7) is 3.52. The lowest BCUT2D eigenvalue weighted by Gasteiger charge is -2.13. The Bertz CT molecular complexity index is 621. The molecule has 0 aliphatic carbocycles. The highest BCUT2D eigenvalue weighted by atomic mass is 79.9. The predicted octanol–water partition coefficient (Wildman–Crippen LogP) is 5.53. The fourth-order valence-electron chi connectivity index (χ4n) is 1.86. The van der Waals surface area contributed by atoms with Crippen molar-refractivity contribution in [2.75, 3.05) is 6.54 Å². The Balaban J connectivity index is 2.22. The van der Waals surface area contributed by atoms with Crippen LogP contribution in [0, 0.1) is 5.82 Å². The summed E-state index contributed by atoms with van der Waals surface area (Å²) in [7, 11) is 0. The van der Waals surface area contributed by atoms with Gasteiger partial charge in [-0.2, -0.15) is 0 Å². The first kappa shape index (κ1) is 16.3. The SMILES string of the molecule is CCCNCc1cc(F)ccc1Oc1ccc(Cl)cc1Br. The number of hydrogen-bond donors (Lipinski definition) is 1. The molecule has 0 heterocycles. The van der Waals surface area contributed by atoms with Crippen molar-refractivity contribution in [3.63, 3.8) is 0 Å². The monoisotopic (exact) mass is 371 g/mol. The molecule has 2 rings (SSSR count). The molecule has 0 atom stereocenters. The maximum absolute atomic E-state index is 13.4. The van der Waals surface area contributed by atoms with Gasteiger partial charge < -0.3 is 10.1 Å². The molecule has 0 unspecified atom stereocenters. The van der Waals surface area contributed by atoms with Crippen molar-refractivity contribution in [3.8, 4) is 11.5 Å². The van der Waals surface area contributed by atoms with Gasteiger partial charge in [0, 0.05) is 17.1 Å². The van der Waals surface area contributed by atoms with E-state index >= 15 is 0 Å². The van der Waals surface area contributed by atoms with E-state index in [1.807, 2.05) is 0 Å². The van der Waals surface area contributed by atoms with Crippen molar-refractivity contribution in [2.45, 2.75) is 19.9 Å². The van der Waals surface area contributed by atoms with Crippen LogP contribution in [0.1, 0.15) is 18.9 Å². The van der Waals surface area contributed by atoms with Crippen LogP contribution >= 0.6 is 27.5 Å². The zero-order valence-corrected chi connectivity index (χ0v) is 14.0. The van der Waals surface area contributed by atoms with Gasteiger partial charge in [0.25, 0.3) is 0 Å². The lowest BCUT2D eigenvalue weighted by molar-refractivity contribution is 0.467.